The van der Waals surface area contributed by atoms with Gasteiger partial charge in [0.05, 0.1) is 27.8 Å². The monoisotopic (exact) mass is 713 g/mol. The normalized spacial score (nSPS) is 11.9. The minimum Gasteiger partial charge on any atom is -0.308 e. The summed E-state index contributed by atoms with van der Waals surface area (Å²) >= 11 is 0. The van der Waals surface area contributed by atoms with Crippen LogP contribution < -0.4 is 0 Å². The number of aromatic nitrogens is 5. The van der Waals surface area contributed by atoms with Gasteiger partial charge in [-0.05, 0) is 57.3 Å². The number of hydrogen-bond donors (Lipinski definition) is 0. The lowest BCUT2D eigenvalue weighted by atomic mass is 10.0. The van der Waals surface area contributed by atoms with E-state index in [1.54, 1.807) is 0 Å². The maximum Gasteiger partial charge on any atom is 0.238 e. The Morgan fingerprint density at radius 3 is 1.70 bits per heavy atom. The number of rotatable bonds is 4. The Labute approximate surface area is 321 Å². The molecule has 0 fully saturated rings. The van der Waals surface area contributed by atoms with E-state index in [1.165, 1.54) is 32.4 Å². The molecular formula is C51H31N5. The Kier molecular flexibility index (Phi) is 6.56. The second kappa shape index (κ2) is 11.9. The number of benzene rings is 9. The molecule has 0 saturated heterocycles. The van der Waals surface area contributed by atoms with Crippen molar-refractivity contribution in [1.29, 1.82) is 0 Å². The van der Waals surface area contributed by atoms with Gasteiger partial charge in [-0.3, -0.25) is 4.57 Å². The van der Waals surface area contributed by atoms with E-state index < -0.39 is 0 Å². The molecule has 0 aliphatic rings. The minimum atomic E-state index is 0.572. The fourth-order valence-electron chi connectivity index (χ4n) is 8.83. The van der Waals surface area contributed by atoms with Gasteiger partial charge >= 0.3 is 0 Å². The maximum atomic E-state index is 5.36. The van der Waals surface area contributed by atoms with Gasteiger partial charge in [-0.1, -0.05) is 158 Å². The van der Waals surface area contributed by atoms with Crippen LogP contribution in [0, 0.1) is 0 Å². The summed E-state index contributed by atoms with van der Waals surface area (Å²) in [6.45, 7) is 0. The summed E-state index contributed by atoms with van der Waals surface area (Å²) in [5.41, 5.74) is 7.43. The van der Waals surface area contributed by atoms with Crippen molar-refractivity contribution in [2.75, 3.05) is 0 Å². The SMILES string of the molecule is c1ccc(-c2nc(-c3cccc4ccccc34)nc(-n3c4ccccc4c4c(-n5c6ccccc6c6cc7ccccc7cc65)c5ccccc5cc43)n2)cc1. The average molecular weight is 714 g/mol. The first-order chi connectivity index (χ1) is 27.8. The molecule has 56 heavy (non-hydrogen) atoms. The second-order valence-corrected chi connectivity index (χ2v) is 14.4. The third-order valence-corrected chi connectivity index (χ3v) is 11.3. The van der Waals surface area contributed by atoms with Crippen molar-refractivity contribution in [2.45, 2.75) is 0 Å². The summed E-state index contributed by atoms with van der Waals surface area (Å²) in [5, 5.41) is 11.7. The van der Waals surface area contributed by atoms with Crippen LogP contribution in [0.4, 0.5) is 0 Å². The van der Waals surface area contributed by atoms with Crippen molar-refractivity contribution in [1.82, 2.24) is 24.1 Å². The first kappa shape index (κ1) is 30.8. The highest BCUT2D eigenvalue weighted by molar-refractivity contribution is 6.22. The van der Waals surface area contributed by atoms with Crippen molar-refractivity contribution < 1.29 is 0 Å². The molecule has 9 aromatic carbocycles. The van der Waals surface area contributed by atoms with Gasteiger partial charge < -0.3 is 4.57 Å². The molecule has 5 nitrogen and oxygen atoms in total. The predicted molar refractivity (Wildman–Crippen MR) is 232 cm³/mol. The quantitative estimate of drug-likeness (QED) is 0.182. The Morgan fingerprint density at radius 1 is 0.321 bits per heavy atom. The summed E-state index contributed by atoms with van der Waals surface area (Å²) in [7, 11) is 0. The summed E-state index contributed by atoms with van der Waals surface area (Å²) in [5.74, 6) is 1.83. The lowest BCUT2D eigenvalue weighted by Gasteiger charge is -2.15. The fourth-order valence-corrected chi connectivity index (χ4v) is 8.83. The van der Waals surface area contributed by atoms with Crippen molar-refractivity contribution in [3.05, 3.63) is 188 Å². The number of nitrogens with zero attached hydrogens (tertiary/aromatic N) is 5. The van der Waals surface area contributed by atoms with E-state index >= 15 is 0 Å². The fraction of sp³-hybridized carbons (Fsp3) is 0. The Morgan fingerprint density at radius 2 is 0.893 bits per heavy atom. The molecule has 0 aliphatic heterocycles. The Bertz CT molecular complexity index is 3540. The third-order valence-electron chi connectivity index (χ3n) is 11.3. The van der Waals surface area contributed by atoms with Gasteiger partial charge in [0.25, 0.3) is 0 Å². The van der Waals surface area contributed by atoms with E-state index in [9.17, 15) is 0 Å². The van der Waals surface area contributed by atoms with E-state index in [0.717, 1.165) is 60.3 Å². The van der Waals surface area contributed by atoms with Gasteiger partial charge in [0.15, 0.2) is 11.6 Å². The molecule has 0 saturated carbocycles. The Hall–Kier alpha value is -7.63. The van der Waals surface area contributed by atoms with Gasteiger partial charge in [-0.15, -0.1) is 0 Å². The first-order valence-electron chi connectivity index (χ1n) is 19.0. The van der Waals surface area contributed by atoms with Gasteiger partial charge in [0.2, 0.25) is 5.95 Å². The first-order valence-corrected chi connectivity index (χ1v) is 19.0. The zero-order valence-corrected chi connectivity index (χ0v) is 30.1. The van der Waals surface area contributed by atoms with Crippen LogP contribution in [-0.4, -0.2) is 24.1 Å². The zero-order chi connectivity index (χ0) is 36.7. The largest absolute Gasteiger partial charge is 0.308 e. The molecule has 0 aliphatic carbocycles. The van der Waals surface area contributed by atoms with E-state index in [2.05, 4.69) is 179 Å². The molecule has 0 unspecified atom stereocenters. The standard InChI is InChI=1S/C51H31N5/c1-2-16-33(17-3-1)49-52-50(40-26-14-21-32-15-6-8-22-37(32)40)54-51(53-49)56-44-28-13-11-25-41(44)47-46(56)31-36-20-7-9-23-38(36)48(47)55-43-27-12-10-24-39(43)42-29-34-18-4-5-19-35(34)30-45(42)55/h1-31H. The highest BCUT2D eigenvalue weighted by atomic mass is 15.2. The average Bonchev–Trinajstić information content (AvgIpc) is 3.76. The molecule has 0 N–H and O–H groups in total. The van der Waals surface area contributed by atoms with Crippen LogP contribution in [0.3, 0.4) is 0 Å². The van der Waals surface area contributed by atoms with Crippen LogP contribution in [-0.2, 0) is 0 Å². The third kappa shape index (κ3) is 4.52. The number of hydrogen-bond acceptors (Lipinski definition) is 3. The molecule has 3 aromatic heterocycles. The molecule has 0 spiro atoms. The van der Waals surface area contributed by atoms with Gasteiger partial charge in [0, 0.05) is 38.1 Å². The molecule has 260 valence electrons. The van der Waals surface area contributed by atoms with Crippen molar-refractivity contribution in [3.8, 4) is 34.4 Å². The lowest BCUT2D eigenvalue weighted by Crippen LogP contribution is -2.07. The molecule has 0 bridgehead atoms. The van der Waals surface area contributed by atoms with Crippen LogP contribution >= 0.6 is 0 Å². The van der Waals surface area contributed by atoms with E-state index in [0.29, 0.717) is 17.6 Å². The molecule has 5 heteroatoms. The molecular weight excluding hydrogens is 683 g/mol. The van der Waals surface area contributed by atoms with E-state index in [1.807, 2.05) is 18.2 Å². The van der Waals surface area contributed by atoms with Crippen molar-refractivity contribution in [2.24, 2.45) is 0 Å². The lowest BCUT2D eigenvalue weighted by molar-refractivity contribution is 0.954. The van der Waals surface area contributed by atoms with Gasteiger partial charge in [0.1, 0.15) is 0 Å². The minimum absolute atomic E-state index is 0.572. The molecule has 12 aromatic rings. The topological polar surface area (TPSA) is 48.5 Å². The summed E-state index contributed by atoms with van der Waals surface area (Å²) in [6, 6.07) is 66.8. The van der Waals surface area contributed by atoms with E-state index in [-0.39, 0.29) is 0 Å². The second-order valence-electron chi connectivity index (χ2n) is 14.4. The highest BCUT2D eigenvalue weighted by Gasteiger charge is 2.24. The Balaban J connectivity index is 1.24. The van der Waals surface area contributed by atoms with Crippen LogP contribution in [0.2, 0.25) is 0 Å². The maximum absolute atomic E-state index is 5.36. The summed E-state index contributed by atoms with van der Waals surface area (Å²) in [4.78, 5) is 15.8. The number of fused-ring (bicyclic) bond motifs is 9. The summed E-state index contributed by atoms with van der Waals surface area (Å²) < 4.78 is 4.73. The van der Waals surface area contributed by atoms with Crippen LogP contribution in [0.1, 0.15) is 0 Å². The van der Waals surface area contributed by atoms with Gasteiger partial charge in [-0.25, -0.2) is 4.98 Å². The zero-order valence-electron chi connectivity index (χ0n) is 30.1. The van der Waals surface area contributed by atoms with Crippen molar-refractivity contribution in [3.63, 3.8) is 0 Å². The molecule has 12 rings (SSSR count). The van der Waals surface area contributed by atoms with Crippen molar-refractivity contribution >= 4 is 75.9 Å². The van der Waals surface area contributed by atoms with Gasteiger partial charge in [-0.2, -0.15) is 9.97 Å². The molecule has 0 radical (unpaired) electrons. The molecule has 0 atom stereocenters. The predicted octanol–water partition coefficient (Wildman–Crippen LogP) is 12.9. The number of para-hydroxylation sites is 2. The molecule has 0 amide bonds. The molecule has 3 heterocycles. The van der Waals surface area contributed by atoms with Crippen LogP contribution in [0.25, 0.3) is 110 Å². The smallest absolute Gasteiger partial charge is 0.238 e. The summed E-state index contributed by atoms with van der Waals surface area (Å²) in [6.07, 6.45) is 0. The highest BCUT2D eigenvalue weighted by Crippen LogP contribution is 2.44. The van der Waals surface area contributed by atoms with Crippen LogP contribution in [0.5, 0.6) is 0 Å². The van der Waals surface area contributed by atoms with Crippen LogP contribution in [0.15, 0.2) is 188 Å². The van der Waals surface area contributed by atoms with E-state index in [4.69, 9.17) is 15.0 Å².